The van der Waals surface area contributed by atoms with E-state index in [9.17, 15) is 18.0 Å². The lowest BCUT2D eigenvalue weighted by Gasteiger charge is -2.23. The molecule has 4 nitrogen and oxygen atoms in total. The number of ether oxygens (including phenoxy) is 1. The van der Waals surface area contributed by atoms with Crippen LogP contribution in [0.5, 0.6) is 0 Å². The number of carbonyl (C=O) groups is 1. The van der Waals surface area contributed by atoms with Crippen LogP contribution in [-0.4, -0.2) is 28.5 Å². The van der Waals surface area contributed by atoms with E-state index in [1.807, 2.05) is 36.4 Å². The Kier molecular flexibility index (Phi) is 5.39. The first-order valence-electron chi connectivity index (χ1n) is 8.52. The van der Waals surface area contributed by atoms with E-state index in [4.69, 9.17) is 11.6 Å². The van der Waals surface area contributed by atoms with E-state index in [1.54, 1.807) is 16.8 Å². The minimum atomic E-state index is -4.56. The molecule has 1 heterocycles. The fraction of sp³-hybridized carbons (Fsp3) is 0.300. The molecule has 0 spiro atoms. The highest BCUT2D eigenvalue weighted by atomic mass is 35.5. The van der Waals surface area contributed by atoms with Crippen LogP contribution in [0.15, 0.2) is 48.5 Å². The fourth-order valence-corrected chi connectivity index (χ4v) is 2.98. The SMILES string of the molecule is CC(C)(Cn1nc(-c2ccc(Cl)cc2)c2ccccc21)C(=O)OCC(F)(F)F. The van der Waals surface area contributed by atoms with E-state index in [1.165, 1.54) is 13.8 Å². The third-order valence-corrected chi connectivity index (χ3v) is 4.49. The third-order valence-electron chi connectivity index (χ3n) is 4.24. The van der Waals surface area contributed by atoms with Gasteiger partial charge in [0.05, 0.1) is 17.5 Å². The maximum Gasteiger partial charge on any atom is 0.422 e. The number of hydrogen-bond acceptors (Lipinski definition) is 3. The van der Waals surface area contributed by atoms with Crippen LogP contribution in [0.4, 0.5) is 13.2 Å². The summed E-state index contributed by atoms with van der Waals surface area (Å²) in [6.07, 6.45) is -4.56. The molecule has 0 bridgehead atoms. The quantitative estimate of drug-likeness (QED) is 0.522. The average Bonchev–Trinajstić information content (AvgIpc) is 2.98. The molecule has 0 fully saturated rings. The molecule has 3 aromatic rings. The Morgan fingerprint density at radius 2 is 1.75 bits per heavy atom. The van der Waals surface area contributed by atoms with Gasteiger partial charge < -0.3 is 4.74 Å². The number of rotatable bonds is 5. The van der Waals surface area contributed by atoms with Gasteiger partial charge in [0, 0.05) is 16.0 Å². The van der Waals surface area contributed by atoms with Crippen LogP contribution in [0.2, 0.25) is 5.02 Å². The van der Waals surface area contributed by atoms with Gasteiger partial charge in [0.1, 0.15) is 5.69 Å². The Balaban J connectivity index is 1.93. The van der Waals surface area contributed by atoms with Gasteiger partial charge in [-0.25, -0.2) is 0 Å². The molecule has 0 amide bonds. The summed E-state index contributed by atoms with van der Waals surface area (Å²) >= 11 is 5.95. The monoisotopic (exact) mass is 410 g/mol. The van der Waals surface area contributed by atoms with Crippen molar-refractivity contribution in [2.45, 2.75) is 26.6 Å². The van der Waals surface area contributed by atoms with E-state index < -0.39 is 24.2 Å². The Hall–Kier alpha value is -2.54. The lowest BCUT2D eigenvalue weighted by Crippen LogP contribution is -2.34. The number of hydrogen-bond donors (Lipinski definition) is 0. The molecular weight excluding hydrogens is 393 g/mol. The van der Waals surface area contributed by atoms with Gasteiger partial charge in [0.2, 0.25) is 0 Å². The Morgan fingerprint density at radius 1 is 1.11 bits per heavy atom. The van der Waals surface area contributed by atoms with Crippen molar-refractivity contribution >= 4 is 28.5 Å². The summed E-state index contributed by atoms with van der Waals surface area (Å²) in [5.74, 6) is -0.933. The lowest BCUT2D eigenvalue weighted by atomic mass is 9.94. The molecule has 0 saturated carbocycles. The second-order valence-corrected chi connectivity index (χ2v) is 7.54. The number of carbonyl (C=O) groups excluding carboxylic acids is 1. The van der Waals surface area contributed by atoms with Gasteiger partial charge >= 0.3 is 12.1 Å². The highest BCUT2D eigenvalue weighted by molar-refractivity contribution is 6.30. The predicted octanol–water partition coefficient (Wildman–Crippen LogP) is 5.49. The van der Waals surface area contributed by atoms with Crippen LogP contribution >= 0.6 is 11.6 Å². The Morgan fingerprint density at radius 3 is 2.39 bits per heavy atom. The van der Waals surface area contributed by atoms with Crippen molar-refractivity contribution in [2.24, 2.45) is 5.41 Å². The minimum Gasteiger partial charge on any atom is -0.456 e. The number of alkyl halides is 3. The summed E-state index contributed by atoms with van der Waals surface area (Å²) in [5, 5.41) is 6.07. The van der Waals surface area contributed by atoms with Crippen molar-refractivity contribution in [1.82, 2.24) is 9.78 Å². The molecule has 1 aromatic heterocycles. The third kappa shape index (κ3) is 4.47. The maximum absolute atomic E-state index is 12.4. The highest BCUT2D eigenvalue weighted by Crippen LogP contribution is 2.31. The summed E-state index contributed by atoms with van der Waals surface area (Å²) < 4.78 is 43.1. The molecule has 0 saturated heterocycles. The molecule has 8 heteroatoms. The molecule has 148 valence electrons. The second kappa shape index (κ2) is 7.47. The maximum atomic E-state index is 12.4. The average molecular weight is 411 g/mol. The van der Waals surface area contributed by atoms with Crippen LogP contribution in [0, 0.1) is 5.41 Å². The lowest BCUT2D eigenvalue weighted by molar-refractivity contribution is -0.193. The van der Waals surface area contributed by atoms with Gasteiger partial charge in [-0.05, 0) is 32.0 Å². The standard InChI is InChI=1S/C20H18ClF3N2O2/c1-19(2,18(27)28-12-20(22,23)24)11-26-16-6-4-3-5-15(16)17(25-26)13-7-9-14(21)10-8-13/h3-10H,11-12H2,1-2H3. The van der Waals surface area contributed by atoms with E-state index in [2.05, 4.69) is 9.84 Å². The molecular formula is C20H18ClF3N2O2. The molecule has 0 atom stereocenters. The summed E-state index contributed by atoms with van der Waals surface area (Å²) in [6, 6.07) is 14.6. The number of nitrogens with zero attached hydrogens (tertiary/aromatic N) is 2. The van der Waals surface area contributed by atoms with Crippen molar-refractivity contribution in [3.8, 4) is 11.3 Å². The summed E-state index contributed by atoms with van der Waals surface area (Å²) in [7, 11) is 0. The van der Waals surface area contributed by atoms with Crippen LogP contribution in [0.3, 0.4) is 0 Å². The molecule has 0 radical (unpaired) electrons. The van der Waals surface area contributed by atoms with Gasteiger partial charge in [-0.15, -0.1) is 0 Å². The number of fused-ring (bicyclic) bond motifs is 1. The van der Waals surface area contributed by atoms with Crippen LogP contribution in [-0.2, 0) is 16.1 Å². The molecule has 0 unspecified atom stereocenters. The fourth-order valence-electron chi connectivity index (χ4n) is 2.85. The molecule has 0 aliphatic rings. The van der Waals surface area contributed by atoms with Crippen LogP contribution in [0.1, 0.15) is 13.8 Å². The number of benzene rings is 2. The van der Waals surface area contributed by atoms with E-state index in [0.29, 0.717) is 10.7 Å². The van der Waals surface area contributed by atoms with E-state index in [0.717, 1.165) is 16.5 Å². The first-order chi connectivity index (χ1) is 13.1. The summed E-state index contributed by atoms with van der Waals surface area (Å²) in [6.45, 7) is 1.52. The van der Waals surface area contributed by atoms with Gasteiger partial charge in [-0.1, -0.05) is 41.9 Å². The van der Waals surface area contributed by atoms with Crippen molar-refractivity contribution in [2.75, 3.05) is 6.61 Å². The van der Waals surface area contributed by atoms with Gasteiger partial charge in [0.25, 0.3) is 0 Å². The summed E-state index contributed by atoms with van der Waals surface area (Å²) in [5.41, 5.74) is 1.12. The molecule has 0 N–H and O–H groups in total. The first kappa shape index (κ1) is 20.2. The molecule has 0 aliphatic carbocycles. The molecule has 0 aliphatic heterocycles. The number of aromatic nitrogens is 2. The van der Waals surface area contributed by atoms with Gasteiger partial charge in [-0.3, -0.25) is 9.48 Å². The normalized spacial score (nSPS) is 12.4. The van der Waals surface area contributed by atoms with Crippen molar-refractivity contribution in [3.63, 3.8) is 0 Å². The smallest absolute Gasteiger partial charge is 0.422 e. The largest absolute Gasteiger partial charge is 0.456 e. The second-order valence-electron chi connectivity index (χ2n) is 7.11. The van der Waals surface area contributed by atoms with Crippen molar-refractivity contribution in [3.05, 3.63) is 53.6 Å². The van der Waals surface area contributed by atoms with E-state index >= 15 is 0 Å². The Labute approximate surface area is 164 Å². The van der Waals surface area contributed by atoms with Crippen LogP contribution < -0.4 is 0 Å². The number of halogens is 4. The number of para-hydroxylation sites is 1. The predicted molar refractivity (Wildman–Crippen MR) is 101 cm³/mol. The zero-order chi connectivity index (χ0) is 20.5. The zero-order valence-electron chi connectivity index (χ0n) is 15.3. The van der Waals surface area contributed by atoms with Gasteiger partial charge in [0.15, 0.2) is 6.61 Å². The Bertz CT molecular complexity index is 995. The molecule has 2 aromatic carbocycles. The molecule has 28 heavy (non-hydrogen) atoms. The zero-order valence-corrected chi connectivity index (χ0v) is 16.0. The topological polar surface area (TPSA) is 44.1 Å². The molecule has 3 rings (SSSR count). The van der Waals surface area contributed by atoms with Gasteiger partial charge in [-0.2, -0.15) is 18.3 Å². The first-order valence-corrected chi connectivity index (χ1v) is 8.90. The van der Waals surface area contributed by atoms with Crippen molar-refractivity contribution < 1.29 is 22.7 Å². The van der Waals surface area contributed by atoms with Crippen LogP contribution in [0.25, 0.3) is 22.2 Å². The minimum absolute atomic E-state index is 0.0673. The van der Waals surface area contributed by atoms with Crippen molar-refractivity contribution in [1.29, 1.82) is 0 Å². The number of esters is 1. The summed E-state index contributed by atoms with van der Waals surface area (Å²) in [4.78, 5) is 12.2. The van der Waals surface area contributed by atoms with E-state index in [-0.39, 0.29) is 6.54 Å². The highest BCUT2D eigenvalue weighted by Gasteiger charge is 2.36.